The van der Waals surface area contributed by atoms with Crippen LogP contribution in [0.15, 0.2) is 77.7 Å². The number of nitrogens with one attached hydrogen (secondary N) is 2. The van der Waals surface area contributed by atoms with E-state index in [1.807, 2.05) is 19.1 Å². The lowest BCUT2D eigenvalue weighted by Crippen LogP contribution is -2.47. The van der Waals surface area contributed by atoms with Crippen molar-refractivity contribution in [2.45, 2.75) is 37.1 Å². The van der Waals surface area contributed by atoms with E-state index in [0.717, 1.165) is 16.7 Å². The van der Waals surface area contributed by atoms with Gasteiger partial charge >= 0.3 is 0 Å². The van der Waals surface area contributed by atoms with Crippen molar-refractivity contribution in [2.24, 2.45) is 0 Å². The maximum Gasteiger partial charge on any atom is 0.243 e. The van der Waals surface area contributed by atoms with Crippen molar-refractivity contribution in [3.63, 3.8) is 0 Å². The standard InChI is InChI=1S/C27H31N3O6S/c1-19-4-15-24(16-5-19)37(34,35)29-25(27(32)30(2)3)18-21-8-13-23(14-9-21)36-22-11-6-20(7-12-22)10-17-26(31)28-33/h4-9,11-16,25,29,33H,10,17-18H2,1-3H3,(H,28,31)/t25-/m0/s1. The van der Waals surface area contributed by atoms with Gasteiger partial charge in [0.25, 0.3) is 0 Å². The number of carbonyl (C=O) groups excluding carboxylic acids is 2. The third kappa shape index (κ3) is 8.14. The monoisotopic (exact) mass is 525 g/mol. The van der Waals surface area contributed by atoms with Crippen molar-refractivity contribution in [1.29, 1.82) is 0 Å². The van der Waals surface area contributed by atoms with Crippen LogP contribution in [0.3, 0.4) is 0 Å². The highest BCUT2D eigenvalue weighted by atomic mass is 32.2. The van der Waals surface area contributed by atoms with E-state index < -0.39 is 22.0 Å². The molecule has 1 atom stereocenters. The van der Waals surface area contributed by atoms with Gasteiger partial charge in [0.1, 0.15) is 17.5 Å². The molecule has 10 heteroatoms. The fraction of sp³-hybridized carbons (Fsp3) is 0.259. The molecule has 2 amide bonds. The number of hydroxylamine groups is 1. The molecule has 3 aromatic carbocycles. The summed E-state index contributed by atoms with van der Waals surface area (Å²) in [7, 11) is -0.730. The number of carbonyl (C=O) groups is 2. The highest BCUT2D eigenvalue weighted by molar-refractivity contribution is 7.89. The van der Waals surface area contributed by atoms with E-state index in [1.54, 1.807) is 68.1 Å². The molecule has 0 bridgehead atoms. The topological polar surface area (TPSA) is 125 Å². The molecule has 0 heterocycles. The van der Waals surface area contributed by atoms with Crippen molar-refractivity contribution >= 4 is 21.8 Å². The number of aryl methyl sites for hydroxylation is 2. The number of amides is 2. The lowest BCUT2D eigenvalue weighted by Gasteiger charge is -2.22. The second-order valence-electron chi connectivity index (χ2n) is 8.85. The maximum atomic E-state index is 12.9. The Bertz CT molecular complexity index is 1310. The van der Waals surface area contributed by atoms with E-state index >= 15 is 0 Å². The zero-order valence-corrected chi connectivity index (χ0v) is 21.8. The third-order valence-corrected chi connectivity index (χ3v) is 7.14. The van der Waals surface area contributed by atoms with E-state index in [2.05, 4.69) is 4.72 Å². The van der Waals surface area contributed by atoms with Crippen LogP contribution in [0, 0.1) is 6.92 Å². The molecule has 0 saturated carbocycles. The Hall–Kier alpha value is -3.73. The molecule has 196 valence electrons. The highest BCUT2D eigenvalue weighted by Crippen LogP contribution is 2.23. The number of benzene rings is 3. The molecule has 0 aliphatic carbocycles. The normalized spacial score (nSPS) is 12.0. The molecule has 3 rings (SSSR count). The predicted molar refractivity (Wildman–Crippen MR) is 139 cm³/mol. The molecular formula is C27H31N3O6S. The lowest BCUT2D eigenvalue weighted by molar-refractivity contribution is -0.130. The van der Waals surface area contributed by atoms with Gasteiger partial charge in [-0.05, 0) is 67.3 Å². The second-order valence-corrected chi connectivity index (χ2v) is 10.6. The van der Waals surface area contributed by atoms with Crippen LogP contribution in [0.1, 0.15) is 23.1 Å². The summed E-state index contributed by atoms with van der Waals surface area (Å²) in [5.41, 5.74) is 4.23. The van der Waals surface area contributed by atoms with Gasteiger partial charge < -0.3 is 9.64 Å². The molecule has 0 saturated heterocycles. The summed E-state index contributed by atoms with van der Waals surface area (Å²) in [6, 6.07) is 19.8. The molecule has 0 unspecified atom stereocenters. The van der Waals surface area contributed by atoms with Gasteiger partial charge in [-0.25, -0.2) is 13.9 Å². The van der Waals surface area contributed by atoms with Crippen LogP contribution in [0.5, 0.6) is 11.5 Å². The van der Waals surface area contributed by atoms with Gasteiger partial charge in [0.15, 0.2) is 0 Å². The zero-order chi connectivity index (χ0) is 27.0. The minimum Gasteiger partial charge on any atom is -0.457 e. The van der Waals surface area contributed by atoms with Crippen molar-refractivity contribution in [3.8, 4) is 11.5 Å². The first kappa shape index (κ1) is 27.9. The molecule has 37 heavy (non-hydrogen) atoms. The number of likely N-dealkylation sites (N-methyl/N-ethyl adjacent to an activating group) is 1. The van der Waals surface area contributed by atoms with Gasteiger partial charge in [0.2, 0.25) is 21.8 Å². The first-order valence-corrected chi connectivity index (χ1v) is 13.1. The molecule has 9 nitrogen and oxygen atoms in total. The van der Waals surface area contributed by atoms with Gasteiger partial charge in [-0.1, -0.05) is 42.0 Å². The number of hydrogen-bond acceptors (Lipinski definition) is 6. The summed E-state index contributed by atoms with van der Waals surface area (Å²) in [6.45, 7) is 1.87. The largest absolute Gasteiger partial charge is 0.457 e. The van der Waals surface area contributed by atoms with Crippen molar-refractivity contribution in [3.05, 3.63) is 89.5 Å². The quantitative estimate of drug-likeness (QED) is 0.261. The average molecular weight is 526 g/mol. The SMILES string of the molecule is Cc1ccc(S(=O)(=O)N[C@@H](Cc2ccc(Oc3ccc(CCC(=O)NO)cc3)cc2)C(=O)N(C)C)cc1. The van der Waals surface area contributed by atoms with Crippen LogP contribution in [0.25, 0.3) is 0 Å². The van der Waals surface area contributed by atoms with E-state index in [-0.39, 0.29) is 23.6 Å². The average Bonchev–Trinajstić information content (AvgIpc) is 2.88. The smallest absolute Gasteiger partial charge is 0.243 e. The Morgan fingerprint density at radius 3 is 1.95 bits per heavy atom. The number of ether oxygens (including phenoxy) is 1. The van der Waals surface area contributed by atoms with Gasteiger partial charge in [0, 0.05) is 20.5 Å². The molecule has 0 aromatic heterocycles. The van der Waals surface area contributed by atoms with Crippen LogP contribution in [-0.4, -0.2) is 50.5 Å². The minimum atomic E-state index is -3.89. The number of hydrogen-bond donors (Lipinski definition) is 3. The van der Waals surface area contributed by atoms with E-state index in [0.29, 0.717) is 17.9 Å². The molecule has 0 aliphatic rings. The minimum absolute atomic E-state index is 0.0982. The predicted octanol–water partition coefficient (Wildman–Crippen LogP) is 3.20. The van der Waals surface area contributed by atoms with Gasteiger partial charge in [-0.3, -0.25) is 14.8 Å². The van der Waals surface area contributed by atoms with E-state index in [4.69, 9.17) is 9.94 Å². The zero-order valence-electron chi connectivity index (χ0n) is 21.0. The van der Waals surface area contributed by atoms with E-state index in [1.165, 1.54) is 17.0 Å². The summed E-state index contributed by atoms with van der Waals surface area (Å²) in [6.07, 6.45) is 0.830. The van der Waals surface area contributed by atoms with Crippen molar-refractivity contribution in [2.75, 3.05) is 14.1 Å². The Kier molecular flexibility index (Phi) is 9.40. The molecule has 0 spiro atoms. The summed E-state index contributed by atoms with van der Waals surface area (Å²) < 4.78 is 34.2. The molecule has 3 aromatic rings. The molecular weight excluding hydrogens is 494 g/mol. The number of rotatable bonds is 11. The van der Waals surface area contributed by atoms with Crippen molar-refractivity contribution < 1.29 is 28.0 Å². The first-order chi connectivity index (χ1) is 17.6. The second kappa shape index (κ2) is 12.5. The van der Waals surface area contributed by atoms with Gasteiger partial charge in [-0.2, -0.15) is 4.72 Å². The van der Waals surface area contributed by atoms with Crippen LogP contribution < -0.4 is 14.9 Å². The van der Waals surface area contributed by atoms with Crippen LogP contribution in [-0.2, 0) is 32.5 Å². The Labute approximate surface area is 217 Å². The fourth-order valence-corrected chi connectivity index (χ4v) is 4.76. The summed E-state index contributed by atoms with van der Waals surface area (Å²) in [5, 5.41) is 8.58. The first-order valence-electron chi connectivity index (χ1n) is 11.7. The lowest BCUT2D eigenvalue weighted by atomic mass is 10.1. The summed E-state index contributed by atoms with van der Waals surface area (Å²) >= 11 is 0. The van der Waals surface area contributed by atoms with Gasteiger partial charge in [0.05, 0.1) is 4.90 Å². The Morgan fingerprint density at radius 2 is 1.43 bits per heavy atom. The Balaban J connectivity index is 1.67. The number of sulfonamides is 1. The fourth-order valence-electron chi connectivity index (χ4n) is 3.57. The third-order valence-electron chi connectivity index (χ3n) is 5.66. The van der Waals surface area contributed by atoms with Gasteiger partial charge in [-0.15, -0.1) is 0 Å². The highest BCUT2D eigenvalue weighted by Gasteiger charge is 2.27. The van der Waals surface area contributed by atoms with Crippen molar-refractivity contribution in [1.82, 2.24) is 15.1 Å². The summed E-state index contributed by atoms with van der Waals surface area (Å²) in [5.74, 6) is 0.381. The number of nitrogens with zero attached hydrogens (tertiary/aromatic N) is 1. The Morgan fingerprint density at radius 1 is 0.892 bits per heavy atom. The van der Waals surface area contributed by atoms with Crippen LogP contribution in [0.4, 0.5) is 0 Å². The molecule has 3 N–H and O–H groups in total. The molecule has 0 radical (unpaired) electrons. The molecule has 0 fully saturated rings. The van der Waals surface area contributed by atoms with Crippen LogP contribution in [0.2, 0.25) is 0 Å². The van der Waals surface area contributed by atoms with Crippen LogP contribution >= 0.6 is 0 Å². The summed E-state index contributed by atoms with van der Waals surface area (Å²) in [4.78, 5) is 25.4. The molecule has 0 aliphatic heterocycles. The maximum absolute atomic E-state index is 12.9. The van der Waals surface area contributed by atoms with E-state index in [9.17, 15) is 18.0 Å².